The van der Waals surface area contributed by atoms with Gasteiger partial charge in [-0.05, 0) is 44.0 Å². The van der Waals surface area contributed by atoms with Crippen LogP contribution in [0.4, 0.5) is 10.2 Å². The van der Waals surface area contributed by atoms with E-state index >= 15 is 4.39 Å². The smallest absolute Gasteiger partial charge is 0.459 e. The molecule has 0 bridgehead atoms. The second-order valence-corrected chi connectivity index (χ2v) is 12.3. The number of ether oxygens (including phenoxy) is 2. The molecule has 1 saturated heterocycles. The fourth-order valence-electron chi connectivity index (χ4n) is 4.46. The minimum atomic E-state index is -4.34. The van der Waals surface area contributed by atoms with Crippen molar-refractivity contribution in [1.29, 1.82) is 0 Å². The summed E-state index contributed by atoms with van der Waals surface area (Å²) in [4.78, 5) is 20.7. The molecule has 1 aliphatic rings. The van der Waals surface area contributed by atoms with Gasteiger partial charge in [0, 0.05) is 5.02 Å². The van der Waals surface area contributed by atoms with E-state index in [1.807, 2.05) is 13.8 Å². The Morgan fingerprint density at radius 2 is 2.00 bits per heavy atom. The Morgan fingerprint density at radius 1 is 1.31 bits per heavy atom. The number of carbonyl (C=O) groups is 1. The Morgan fingerprint density at radius 3 is 2.67 bits per heavy atom. The number of nitrogens with zero attached hydrogens (tertiary/aromatic N) is 4. The van der Waals surface area contributed by atoms with Crippen molar-refractivity contribution in [3.8, 4) is 5.75 Å². The lowest BCUT2D eigenvalue weighted by molar-refractivity contribution is -0.146. The molecule has 3 heterocycles. The monoisotopic (exact) mass is 628 g/mol. The molecule has 0 spiro atoms. The van der Waals surface area contributed by atoms with Crippen LogP contribution in [0.1, 0.15) is 52.3 Å². The first-order chi connectivity index (χ1) is 19.9. The number of fused-ring (bicyclic) bond motifs is 1. The highest BCUT2D eigenvalue weighted by Crippen LogP contribution is 2.49. The number of halogens is 2. The Kier molecular flexibility index (Phi) is 10.1. The van der Waals surface area contributed by atoms with Gasteiger partial charge < -0.3 is 24.8 Å². The molecule has 0 radical (unpaired) electrons. The highest BCUT2D eigenvalue weighted by molar-refractivity contribution is 7.52. The largest absolute Gasteiger partial charge is 0.464 e. The first-order valence-corrected chi connectivity index (χ1v) is 15.4. The second kappa shape index (κ2) is 13.2. The van der Waals surface area contributed by atoms with Crippen LogP contribution in [0.3, 0.4) is 0 Å². The average molecular weight is 629 g/mol. The number of nitrogens with one attached hydrogen (secondary N) is 1. The van der Waals surface area contributed by atoms with Crippen molar-refractivity contribution in [3.63, 3.8) is 0 Å². The number of rotatable bonds is 13. The molecule has 16 heteroatoms. The number of hydrogen-bond acceptors (Lipinski definition) is 11. The van der Waals surface area contributed by atoms with E-state index in [4.69, 9.17) is 35.9 Å². The van der Waals surface area contributed by atoms with Crippen LogP contribution in [0.25, 0.3) is 5.65 Å². The molecule has 0 amide bonds. The van der Waals surface area contributed by atoms with E-state index in [0.29, 0.717) is 5.02 Å². The summed E-state index contributed by atoms with van der Waals surface area (Å²) in [5.41, 5.74) is 3.88. The molecule has 42 heavy (non-hydrogen) atoms. The van der Waals surface area contributed by atoms with Crippen LogP contribution in [0, 0.1) is 5.92 Å². The van der Waals surface area contributed by atoms with Gasteiger partial charge in [0.25, 0.3) is 0 Å². The topological polar surface area (TPSA) is 172 Å². The zero-order chi connectivity index (χ0) is 30.7. The highest BCUT2D eigenvalue weighted by atomic mass is 35.5. The summed E-state index contributed by atoms with van der Waals surface area (Å²) in [5.74, 6) is -0.270. The van der Waals surface area contributed by atoms with Gasteiger partial charge in [0.15, 0.2) is 17.1 Å². The third-order valence-corrected chi connectivity index (χ3v) is 9.04. The van der Waals surface area contributed by atoms with Crippen LogP contribution < -0.4 is 15.3 Å². The van der Waals surface area contributed by atoms with Gasteiger partial charge in [-0.3, -0.25) is 9.32 Å². The molecule has 1 fully saturated rings. The molecule has 0 saturated carbocycles. The lowest BCUT2D eigenvalue weighted by Gasteiger charge is -2.25. The van der Waals surface area contributed by atoms with Crippen molar-refractivity contribution in [2.45, 2.75) is 70.6 Å². The summed E-state index contributed by atoms with van der Waals surface area (Å²) in [7, 11) is -4.34. The number of alkyl halides is 1. The Hall–Kier alpha value is -2.87. The first-order valence-electron chi connectivity index (χ1n) is 13.5. The maximum absolute atomic E-state index is 15.9. The molecule has 230 valence electrons. The van der Waals surface area contributed by atoms with Crippen molar-refractivity contribution in [1.82, 2.24) is 24.7 Å². The molecule has 2 aromatic heterocycles. The number of aliphatic hydroxyl groups is 1. The molecule has 6 unspecified atom stereocenters. The molecular weight excluding hydrogens is 594 g/mol. The van der Waals surface area contributed by atoms with E-state index in [-0.39, 0.29) is 35.4 Å². The number of carbonyl (C=O) groups excluding carboxylic acids is 1. The molecule has 3 aromatic rings. The standard InChI is InChI=1S/C26H35ClFN6O7P/c1-5-16(6-2)12-38-25(36)15(3)33-42(37,41-18-9-7-17(27)8-10-18)39-13-20-21(35)26(4,28)22(40-20)19-11-30-24-23(29)31-14-32-34(19)24/h7-11,14-16,20-22,35H,5-6,12-13H2,1-4H3,(H,33,37)(H2,29,31,32). The Bertz CT molecular complexity index is 1420. The fraction of sp³-hybridized carbons (Fsp3) is 0.538. The van der Waals surface area contributed by atoms with Crippen molar-refractivity contribution < 1.29 is 37.4 Å². The third-order valence-electron chi connectivity index (χ3n) is 7.15. The molecule has 6 atom stereocenters. The van der Waals surface area contributed by atoms with Gasteiger partial charge in [0.05, 0.1) is 25.1 Å². The zero-order valence-corrected chi connectivity index (χ0v) is 25.3. The highest BCUT2D eigenvalue weighted by Gasteiger charge is 2.56. The molecule has 1 aliphatic heterocycles. The van der Waals surface area contributed by atoms with Gasteiger partial charge in [0.2, 0.25) is 0 Å². The van der Waals surface area contributed by atoms with Crippen LogP contribution in [0.2, 0.25) is 5.02 Å². The normalized spacial score (nSPS) is 24.5. The number of nitrogens with two attached hydrogens (primary N) is 1. The summed E-state index contributed by atoms with van der Waals surface area (Å²) < 4.78 is 53.6. The summed E-state index contributed by atoms with van der Waals surface area (Å²) in [6.07, 6.45) is -0.171. The summed E-state index contributed by atoms with van der Waals surface area (Å²) in [5, 5.41) is 17.9. The Balaban J connectivity index is 1.51. The zero-order valence-electron chi connectivity index (χ0n) is 23.6. The van der Waals surface area contributed by atoms with E-state index < -0.39 is 50.3 Å². The molecule has 4 rings (SSSR count). The van der Waals surface area contributed by atoms with E-state index in [2.05, 4.69) is 20.2 Å². The van der Waals surface area contributed by atoms with Gasteiger partial charge in [-0.25, -0.2) is 23.4 Å². The third kappa shape index (κ3) is 7.01. The molecule has 13 nitrogen and oxygen atoms in total. The molecule has 1 aromatic carbocycles. The minimum Gasteiger partial charge on any atom is -0.464 e. The van der Waals surface area contributed by atoms with Crippen molar-refractivity contribution in [2.75, 3.05) is 18.9 Å². The number of imidazole rings is 1. The average Bonchev–Trinajstić information content (AvgIpc) is 3.48. The predicted molar refractivity (Wildman–Crippen MR) is 152 cm³/mol. The van der Waals surface area contributed by atoms with Crippen LogP contribution >= 0.6 is 19.3 Å². The predicted octanol–water partition coefficient (Wildman–Crippen LogP) is 4.05. The van der Waals surface area contributed by atoms with Gasteiger partial charge in [-0.1, -0.05) is 38.3 Å². The van der Waals surface area contributed by atoms with Gasteiger partial charge in [0.1, 0.15) is 36.4 Å². The molecule has 4 N–H and O–H groups in total. The van der Waals surface area contributed by atoms with Crippen LogP contribution in [0.15, 0.2) is 36.8 Å². The number of esters is 1. The quantitative estimate of drug-likeness (QED) is 0.183. The number of hydrogen-bond donors (Lipinski definition) is 3. The lowest BCUT2D eigenvalue weighted by atomic mass is 9.93. The number of aliphatic hydroxyl groups excluding tert-OH is 1. The van der Waals surface area contributed by atoms with Crippen molar-refractivity contribution in [3.05, 3.63) is 47.5 Å². The van der Waals surface area contributed by atoms with E-state index in [1.165, 1.54) is 48.2 Å². The van der Waals surface area contributed by atoms with Gasteiger partial charge >= 0.3 is 13.7 Å². The number of anilines is 1. The van der Waals surface area contributed by atoms with Crippen LogP contribution in [-0.4, -0.2) is 67.8 Å². The van der Waals surface area contributed by atoms with Crippen LogP contribution in [0.5, 0.6) is 5.75 Å². The van der Waals surface area contributed by atoms with Crippen LogP contribution in [-0.2, 0) is 23.4 Å². The maximum atomic E-state index is 15.9. The summed E-state index contributed by atoms with van der Waals surface area (Å²) >= 11 is 5.95. The molecule has 0 aliphatic carbocycles. The lowest BCUT2D eigenvalue weighted by Crippen LogP contribution is -2.40. The fourth-order valence-corrected chi connectivity index (χ4v) is 6.08. The summed E-state index contributed by atoms with van der Waals surface area (Å²) in [6.45, 7) is 6.24. The number of nitrogen functional groups attached to an aromatic ring is 1. The first kappa shape index (κ1) is 32.1. The van der Waals surface area contributed by atoms with E-state index in [1.54, 1.807) is 0 Å². The maximum Gasteiger partial charge on any atom is 0.459 e. The Labute approximate surface area is 247 Å². The number of benzene rings is 1. The molecular formula is C26H35ClFN6O7P. The number of aromatic nitrogens is 4. The minimum absolute atomic E-state index is 0.0779. The van der Waals surface area contributed by atoms with E-state index in [9.17, 15) is 14.5 Å². The van der Waals surface area contributed by atoms with Crippen molar-refractivity contribution >= 4 is 36.8 Å². The van der Waals surface area contributed by atoms with E-state index in [0.717, 1.165) is 19.8 Å². The summed E-state index contributed by atoms with van der Waals surface area (Å²) in [6, 6.07) is 4.86. The van der Waals surface area contributed by atoms with Gasteiger partial charge in [-0.2, -0.15) is 10.2 Å². The SMILES string of the molecule is CCC(CC)COC(=O)C(C)NP(=O)(OCC1OC(c2cnc3c(N)ncnn23)C(C)(F)C1O)Oc1ccc(Cl)cc1. The van der Waals surface area contributed by atoms with Gasteiger partial charge in [-0.15, -0.1) is 0 Å². The second-order valence-electron chi connectivity index (χ2n) is 10.2. The van der Waals surface area contributed by atoms with Crippen molar-refractivity contribution in [2.24, 2.45) is 5.92 Å².